The number of carbonyl (C=O) groups excluding carboxylic acids is 2. The lowest BCUT2D eigenvalue weighted by atomic mass is 10.0. The largest absolute Gasteiger partial charge is 0.497 e. The Bertz CT molecular complexity index is 966. The van der Waals surface area contributed by atoms with Gasteiger partial charge in [0.15, 0.2) is 0 Å². The third-order valence-electron chi connectivity index (χ3n) is 4.95. The van der Waals surface area contributed by atoms with Gasteiger partial charge in [-0.2, -0.15) is 0 Å². The number of hydrogen-bond acceptors (Lipinski definition) is 6. The van der Waals surface area contributed by atoms with Crippen LogP contribution in [0.3, 0.4) is 0 Å². The summed E-state index contributed by atoms with van der Waals surface area (Å²) in [6, 6.07) is 12.2. The molecule has 1 aliphatic rings. The smallest absolute Gasteiger partial charge is 0.282 e. The lowest BCUT2D eigenvalue weighted by molar-refractivity contribution is -0.120. The van der Waals surface area contributed by atoms with Crippen molar-refractivity contribution in [1.29, 1.82) is 0 Å². The molecule has 164 valence electrons. The van der Waals surface area contributed by atoms with Crippen LogP contribution in [0, 0.1) is 5.82 Å². The van der Waals surface area contributed by atoms with E-state index in [1.54, 1.807) is 43.4 Å². The maximum atomic E-state index is 13.5. The van der Waals surface area contributed by atoms with Gasteiger partial charge in [0.05, 0.1) is 31.6 Å². The summed E-state index contributed by atoms with van der Waals surface area (Å²) >= 11 is 0. The topological polar surface area (TPSA) is 68.3 Å². The second-order valence-electron chi connectivity index (χ2n) is 6.85. The van der Waals surface area contributed by atoms with E-state index in [1.165, 1.54) is 31.4 Å². The fourth-order valence-electron chi connectivity index (χ4n) is 3.41. The molecular formula is C23H25FN2O5. The molecule has 0 radical (unpaired) electrons. The molecule has 0 saturated heterocycles. The number of anilines is 1. The van der Waals surface area contributed by atoms with Crippen molar-refractivity contribution in [3.8, 4) is 5.75 Å². The van der Waals surface area contributed by atoms with E-state index in [2.05, 4.69) is 0 Å². The zero-order valence-corrected chi connectivity index (χ0v) is 17.8. The van der Waals surface area contributed by atoms with Crippen molar-refractivity contribution in [1.82, 2.24) is 4.90 Å². The number of ether oxygens (including phenoxy) is 3. The van der Waals surface area contributed by atoms with E-state index in [1.807, 2.05) is 0 Å². The average Bonchev–Trinajstić information content (AvgIpc) is 3.04. The predicted octanol–water partition coefficient (Wildman–Crippen LogP) is 2.71. The summed E-state index contributed by atoms with van der Waals surface area (Å²) < 4.78 is 29.2. The van der Waals surface area contributed by atoms with Gasteiger partial charge in [-0.1, -0.05) is 18.2 Å². The Balaban J connectivity index is 2.12. The first kappa shape index (κ1) is 22.5. The molecule has 7 nitrogen and oxygen atoms in total. The van der Waals surface area contributed by atoms with Crippen molar-refractivity contribution in [2.75, 3.05) is 52.5 Å². The van der Waals surface area contributed by atoms with Gasteiger partial charge < -0.3 is 19.1 Å². The minimum absolute atomic E-state index is 0.208. The number of amides is 2. The van der Waals surface area contributed by atoms with Crippen LogP contribution in [0.5, 0.6) is 5.75 Å². The second kappa shape index (κ2) is 10.2. The molecule has 3 rings (SSSR count). The first-order valence-electron chi connectivity index (χ1n) is 9.77. The molecule has 0 bridgehead atoms. The quantitative estimate of drug-likeness (QED) is 0.542. The molecule has 0 fully saturated rings. The molecule has 8 heteroatoms. The number of imide groups is 1. The molecule has 0 spiro atoms. The maximum absolute atomic E-state index is 13.5. The highest BCUT2D eigenvalue weighted by Gasteiger charge is 2.42. The summed E-state index contributed by atoms with van der Waals surface area (Å²) in [5, 5.41) is 0. The molecule has 31 heavy (non-hydrogen) atoms. The molecule has 1 aliphatic heterocycles. The Labute approximate surface area is 180 Å². The van der Waals surface area contributed by atoms with Crippen molar-refractivity contribution in [3.63, 3.8) is 0 Å². The SMILES string of the molecule is COCCN(CCOC)C1=C(c2ccc(F)cc2)C(=O)N(c2cccc(OC)c2)C1=O. The second-order valence-corrected chi connectivity index (χ2v) is 6.85. The Kier molecular flexibility index (Phi) is 7.38. The van der Waals surface area contributed by atoms with Crippen LogP contribution in [-0.2, 0) is 19.1 Å². The van der Waals surface area contributed by atoms with Gasteiger partial charge in [-0.15, -0.1) is 0 Å². The van der Waals surface area contributed by atoms with Crippen LogP contribution in [0.25, 0.3) is 5.57 Å². The van der Waals surface area contributed by atoms with E-state index in [-0.39, 0.29) is 11.3 Å². The fraction of sp³-hybridized carbons (Fsp3) is 0.304. The lowest BCUT2D eigenvalue weighted by Crippen LogP contribution is -2.37. The molecule has 2 amide bonds. The van der Waals surface area contributed by atoms with Crippen LogP contribution in [-0.4, -0.2) is 64.3 Å². The fourth-order valence-corrected chi connectivity index (χ4v) is 3.41. The number of carbonyl (C=O) groups is 2. The Morgan fingerprint density at radius 3 is 2.13 bits per heavy atom. The Morgan fingerprint density at radius 1 is 0.903 bits per heavy atom. The summed E-state index contributed by atoms with van der Waals surface area (Å²) in [4.78, 5) is 29.9. The number of benzene rings is 2. The van der Waals surface area contributed by atoms with E-state index in [4.69, 9.17) is 14.2 Å². The van der Waals surface area contributed by atoms with Gasteiger partial charge in [0.2, 0.25) is 0 Å². The van der Waals surface area contributed by atoms with Gasteiger partial charge in [-0.05, 0) is 29.8 Å². The predicted molar refractivity (Wildman–Crippen MR) is 114 cm³/mol. The molecule has 0 aliphatic carbocycles. The minimum Gasteiger partial charge on any atom is -0.497 e. The first-order chi connectivity index (χ1) is 15.0. The number of rotatable bonds is 10. The number of hydrogen-bond donors (Lipinski definition) is 0. The molecule has 0 N–H and O–H groups in total. The van der Waals surface area contributed by atoms with Crippen molar-refractivity contribution >= 4 is 23.1 Å². The van der Waals surface area contributed by atoms with E-state index in [0.29, 0.717) is 43.3 Å². The van der Waals surface area contributed by atoms with Crippen LogP contribution in [0.2, 0.25) is 0 Å². The van der Waals surface area contributed by atoms with Crippen LogP contribution >= 0.6 is 0 Å². The maximum Gasteiger partial charge on any atom is 0.282 e. The minimum atomic E-state index is -0.486. The number of methoxy groups -OCH3 is 3. The van der Waals surface area contributed by atoms with Crippen LogP contribution in [0.1, 0.15) is 5.56 Å². The molecule has 0 unspecified atom stereocenters. The van der Waals surface area contributed by atoms with Crippen LogP contribution < -0.4 is 9.64 Å². The molecule has 1 heterocycles. The molecule has 2 aromatic rings. The van der Waals surface area contributed by atoms with Crippen LogP contribution in [0.4, 0.5) is 10.1 Å². The van der Waals surface area contributed by atoms with Crippen molar-refractivity contribution in [3.05, 3.63) is 65.6 Å². The third kappa shape index (κ3) is 4.76. The highest BCUT2D eigenvalue weighted by Crippen LogP contribution is 2.35. The van der Waals surface area contributed by atoms with E-state index >= 15 is 0 Å². The van der Waals surface area contributed by atoms with Gasteiger partial charge in [0, 0.05) is 33.4 Å². The monoisotopic (exact) mass is 428 g/mol. The first-order valence-corrected chi connectivity index (χ1v) is 9.77. The van der Waals surface area contributed by atoms with Crippen molar-refractivity contribution < 1.29 is 28.2 Å². The molecule has 0 atom stereocenters. The standard InChI is InChI=1S/C23H25FN2O5/c1-29-13-11-25(12-14-30-2)21-20(16-7-9-17(24)10-8-16)22(27)26(23(21)28)18-5-4-6-19(15-18)31-3/h4-10,15H,11-14H2,1-3H3. The average molecular weight is 428 g/mol. The molecular weight excluding hydrogens is 403 g/mol. The van der Waals surface area contributed by atoms with E-state index < -0.39 is 17.6 Å². The Morgan fingerprint density at radius 2 is 1.55 bits per heavy atom. The summed E-state index contributed by atoms with van der Waals surface area (Å²) in [6.45, 7) is 1.46. The van der Waals surface area contributed by atoms with Gasteiger partial charge >= 0.3 is 0 Å². The van der Waals surface area contributed by atoms with E-state index in [9.17, 15) is 14.0 Å². The van der Waals surface area contributed by atoms with Crippen LogP contribution in [0.15, 0.2) is 54.2 Å². The third-order valence-corrected chi connectivity index (χ3v) is 4.95. The van der Waals surface area contributed by atoms with Gasteiger partial charge in [0.25, 0.3) is 11.8 Å². The van der Waals surface area contributed by atoms with Gasteiger partial charge in [0.1, 0.15) is 17.3 Å². The molecule has 0 aromatic heterocycles. The Hall–Kier alpha value is -3.23. The summed E-state index contributed by atoms with van der Waals surface area (Å²) in [6.07, 6.45) is 0. The highest BCUT2D eigenvalue weighted by atomic mass is 19.1. The molecule has 2 aromatic carbocycles. The van der Waals surface area contributed by atoms with Crippen molar-refractivity contribution in [2.45, 2.75) is 0 Å². The lowest BCUT2D eigenvalue weighted by Gasteiger charge is -2.25. The summed E-state index contributed by atoms with van der Waals surface area (Å²) in [7, 11) is 4.64. The normalized spacial score (nSPS) is 13.9. The molecule has 0 saturated carbocycles. The van der Waals surface area contributed by atoms with E-state index in [0.717, 1.165) is 4.90 Å². The number of nitrogens with zero attached hydrogens (tertiary/aromatic N) is 2. The van der Waals surface area contributed by atoms with Gasteiger partial charge in [-0.25, -0.2) is 9.29 Å². The van der Waals surface area contributed by atoms with Crippen molar-refractivity contribution in [2.24, 2.45) is 0 Å². The summed E-state index contributed by atoms with van der Waals surface area (Å²) in [5.74, 6) is -0.863. The van der Waals surface area contributed by atoms with Gasteiger partial charge in [-0.3, -0.25) is 9.59 Å². The summed E-state index contributed by atoms with van der Waals surface area (Å²) in [5.41, 5.74) is 1.29. The zero-order chi connectivity index (χ0) is 22.4. The highest BCUT2D eigenvalue weighted by molar-refractivity contribution is 6.45. The number of halogens is 1. The zero-order valence-electron chi connectivity index (χ0n) is 17.8.